The Labute approximate surface area is 166 Å². The number of ether oxygens (including phenoxy) is 2. The molecule has 0 bridgehead atoms. The smallest absolute Gasteiger partial charge is 0.223 e. The van der Waals surface area contributed by atoms with Crippen molar-refractivity contribution in [3.05, 3.63) is 35.8 Å². The molecule has 6 heteroatoms. The normalized spacial score (nSPS) is 19.5. The molecule has 6 nitrogen and oxygen atoms in total. The number of morpholine rings is 1. The van der Waals surface area contributed by atoms with E-state index in [0.717, 1.165) is 69.2 Å². The lowest BCUT2D eigenvalue weighted by Gasteiger charge is -2.34. The van der Waals surface area contributed by atoms with Gasteiger partial charge in [-0.1, -0.05) is 0 Å². The lowest BCUT2D eigenvalue weighted by Crippen LogP contribution is -2.37. The molecule has 0 amide bonds. The number of hydrogen-bond donors (Lipinski definition) is 0. The number of nitrogens with zero attached hydrogens (tertiary/aromatic N) is 4. The Morgan fingerprint density at radius 2 is 1.86 bits per heavy atom. The van der Waals surface area contributed by atoms with Crippen LogP contribution in [-0.4, -0.2) is 57.5 Å². The summed E-state index contributed by atoms with van der Waals surface area (Å²) in [4.78, 5) is 13.1. The maximum absolute atomic E-state index is 7.30. The SMILES string of the molecule is [C-]#[N+]C(C)C1CCN(c2ccnc3cc(OC)c(N4CCOCC4)cc23)CC1. The molecule has 1 unspecified atom stereocenters. The second-order valence-corrected chi connectivity index (χ2v) is 7.66. The number of fused-ring (bicyclic) bond motifs is 1. The van der Waals surface area contributed by atoms with Crippen molar-refractivity contribution in [3.63, 3.8) is 0 Å². The van der Waals surface area contributed by atoms with Gasteiger partial charge >= 0.3 is 0 Å². The topological polar surface area (TPSA) is 42.2 Å². The summed E-state index contributed by atoms with van der Waals surface area (Å²) >= 11 is 0. The van der Waals surface area contributed by atoms with Crippen LogP contribution in [0.15, 0.2) is 24.4 Å². The average molecular weight is 380 g/mol. The Morgan fingerprint density at radius 3 is 2.54 bits per heavy atom. The Kier molecular flexibility index (Phi) is 5.54. The maximum Gasteiger partial charge on any atom is 0.223 e. The lowest BCUT2D eigenvalue weighted by atomic mass is 9.90. The summed E-state index contributed by atoms with van der Waals surface area (Å²) in [6, 6.07) is 6.53. The minimum Gasteiger partial charge on any atom is -0.495 e. The van der Waals surface area contributed by atoms with Gasteiger partial charge in [0.2, 0.25) is 6.04 Å². The number of aromatic nitrogens is 1. The molecular formula is C22H28N4O2. The number of piperidine rings is 1. The van der Waals surface area contributed by atoms with E-state index in [9.17, 15) is 0 Å². The minimum absolute atomic E-state index is 0.119. The van der Waals surface area contributed by atoms with E-state index in [4.69, 9.17) is 16.0 Å². The molecule has 4 rings (SSSR count). The third-order valence-electron chi connectivity index (χ3n) is 6.14. The summed E-state index contributed by atoms with van der Waals surface area (Å²) in [5.74, 6) is 1.37. The molecular weight excluding hydrogens is 352 g/mol. The van der Waals surface area contributed by atoms with Gasteiger partial charge in [0.1, 0.15) is 5.75 Å². The number of methoxy groups -OCH3 is 1. The summed E-state index contributed by atoms with van der Waals surface area (Å²) in [6.07, 6.45) is 4.03. The van der Waals surface area contributed by atoms with Crippen LogP contribution in [0.4, 0.5) is 11.4 Å². The molecule has 148 valence electrons. The molecule has 28 heavy (non-hydrogen) atoms. The van der Waals surface area contributed by atoms with Crippen molar-refractivity contribution in [3.8, 4) is 5.75 Å². The largest absolute Gasteiger partial charge is 0.495 e. The monoisotopic (exact) mass is 380 g/mol. The van der Waals surface area contributed by atoms with E-state index in [1.807, 2.05) is 6.20 Å². The van der Waals surface area contributed by atoms with E-state index >= 15 is 0 Å². The van der Waals surface area contributed by atoms with Crippen LogP contribution >= 0.6 is 0 Å². The van der Waals surface area contributed by atoms with Crippen molar-refractivity contribution in [2.24, 2.45) is 5.92 Å². The van der Waals surface area contributed by atoms with E-state index in [2.05, 4.69) is 44.8 Å². The first-order valence-electron chi connectivity index (χ1n) is 10.1. The maximum atomic E-state index is 7.30. The number of hydrogen-bond acceptors (Lipinski definition) is 5. The summed E-state index contributed by atoms with van der Waals surface area (Å²) < 4.78 is 11.2. The van der Waals surface area contributed by atoms with Crippen LogP contribution in [0.5, 0.6) is 5.75 Å². The van der Waals surface area contributed by atoms with Crippen LogP contribution in [0.25, 0.3) is 15.7 Å². The average Bonchev–Trinajstić information content (AvgIpc) is 2.78. The van der Waals surface area contributed by atoms with Crippen LogP contribution < -0.4 is 14.5 Å². The van der Waals surface area contributed by atoms with Gasteiger partial charge in [-0.3, -0.25) is 4.98 Å². The zero-order valence-corrected chi connectivity index (χ0v) is 16.7. The Balaban J connectivity index is 1.67. The van der Waals surface area contributed by atoms with Gasteiger partial charge in [0, 0.05) is 62.4 Å². The second kappa shape index (κ2) is 8.24. The second-order valence-electron chi connectivity index (χ2n) is 7.66. The van der Waals surface area contributed by atoms with Gasteiger partial charge in [-0.25, -0.2) is 6.57 Å². The predicted molar refractivity (Wildman–Crippen MR) is 112 cm³/mol. The van der Waals surface area contributed by atoms with Crippen LogP contribution in [0.1, 0.15) is 19.8 Å². The number of rotatable bonds is 4. The van der Waals surface area contributed by atoms with Gasteiger partial charge in [-0.05, 0) is 25.0 Å². The predicted octanol–water partition coefficient (Wildman–Crippen LogP) is 3.60. The first-order chi connectivity index (χ1) is 13.7. The Bertz CT molecular complexity index is 865. The summed E-state index contributed by atoms with van der Waals surface area (Å²) in [5, 5.41) is 1.17. The van der Waals surface area contributed by atoms with Crippen LogP contribution in [0.2, 0.25) is 0 Å². The molecule has 1 atom stereocenters. The van der Waals surface area contributed by atoms with Crippen LogP contribution in [0.3, 0.4) is 0 Å². The van der Waals surface area contributed by atoms with E-state index in [-0.39, 0.29) is 6.04 Å². The first-order valence-corrected chi connectivity index (χ1v) is 10.1. The summed E-state index contributed by atoms with van der Waals surface area (Å²) in [7, 11) is 1.72. The summed E-state index contributed by atoms with van der Waals surface area (Å²) in [5.41, 5.74) is 3.31. The fourth-order valence-corrected chi connectivity index (χ4v) is 4.37. The zero-order chi connectivity index (χ0) is 19.5. The number of pyridine rings is 1. The quantitative estimate of drug-likeness (QED) is 0.758. The van der Waals surface area contributed by atoms with Crippen molar-refractivity contribution >= 4 is 22.3 Å². The van der Waals surface area contributed by atoms with Crippen LogP contribution in [-0.2, 0) is 4.74 Å². The van der Waals surface area contributed by atoms with Gasteiger partial charge in [0.25, 0.3) is 0 Å². The lowest BCUT2D eigenvalue weighted by molar-refractivity contribution is 0.122. The molecule has 0 saturated carbocycles. The third kappa shape index (κ3) is 3.59. The molecule has 0 spiro atoms. The standard InChI is InChI=1S/C22H28N4O2/c1-16(23-2)17-5-8-25(9-6-17)20-4-7-24-19-15-22(27-3)21(14-18(19)20)26-10-12-28-13-11-26/h4,7,14-17H,5-6,8-13H2,1,3H3. The van der Waals surface area contributed by atoms with Crippen molar-refractivity contribution in [1.82, 2.24) is 4.98 Å². The van der Waals surface area contributed by atoms with E-state index in [0.29, 0.717) is 5.92 Å². The molecule has 3 heterocycles. The van der Waals surface area contributed by atoms with Crippen molar-refractivity contribution in [2.45, 2.75) is 25.8 Å². The van der Waals surface area contributed by atoms with Gasteiger partial charge in [0.05, 0.1) is 31.5 Å². The molecule has 1 aromatic carbocycles. The molecule has 0 N–H and O–H groups in total. The molecule has 2 saturated heterocycles. The van der Waals surface area contributed by atoms with E-state index < -0.39 is 0 Å². The third-order valence-corrected chi connectivity index (χ3v) is 6.14. The highest BCUT2D eigenvalue weighted by molar-refractivity contribution is 5.96. The molecule has 2 fully saturated rings. The van der Waals surface area contributed by atoms with Crippen molar-refractivity contribution in [2.75, 3.05) is 56.3 Å². The first kappa shape index (κ1) is 18.8. The highest BCUT2D eigenvalue weighted by Crippen LogP contribution is 2.38. The molecule has 0 aliphatic carbocycles. The number of benzene rings is 1. The number of anilines is 2. The minimum atomic E-state index is 0.119. The van der Waals surface area contributed by atoms with E-state index in [1.165, 1.54) is 11.1 Å². The molecule has 2 aliphatic heterocycles. The van der Waals surface area contributed by atoms with Gasteiger partial charge in [-0.2, -0.15) is 0 Å². The fourth-order valence-electron chi connectivity index (χ4n) is 4.37. The molecule has 0 radical (unpaired) electrons. The summed E-state index contributed by atoms with van der Waals surface area (Å²) in [6.45, 7) is 14.6. The van der Waals surface area contributed by atoms with Crippen molar-refractivity contribution in [1.29, 1.82) is 0 Å². The highest BCUT2D eigenvalue weighted by Gasteiger charge is 2.28. The fraction of sp³-hybridized carbons (Fsp3) is 0.545. The van der Waals surface area contributed by atoms with Gasteiger partial charge in [0.15, 0.2) is 0 Å². The van der Waals surface area contributed by atoms with Crippen molar-refractivity contribution < 1.29 is 9.47 Å². The van der Waals surface area contributed by atoms with E-state index in [1.54, 1.807) is 7.11 Å². The van der Waals surface area contributed by atoms with Crippen LogP contribution in [0, 0.1) is 12.5 Å². The highest BCUT2D eigenvalue weighted by atomic mass is 16.5. The van der Waals surface area contributed by atoms with Gasteiger partial charge in [-0.15, -0.1) is 0 Å². The molecule has 2 aromatic rings. The zero-order valence-electron chi connectivity index (χ0n) is 16.7. The Hall–Kier alpha value is -2.52. The molecule has 2 aliphatic rings. The molecule has 1 aromatic heterocycles. The van der Waals surface area contributed by atoms with Gasteiger partial charge < -0.3 is 24.1 Å². The Morgan fingerprint density at radius 1 is 1.14 bits per heavy atom.